The highest BCUT2D eigenvalue weighted by Gasteiger charge is 2.08. The number of hydrogen-bond donors (Lipinski definition) is 1. The Morgan fingerprint density at radius 2 is 2.24 bits per heavy atom. The Hall–Kier alpha value is -2.21. The van der Waals surface area contributed by atoms with E-state index >= 15 is 0 Å². The predicted molar refractivity (Wildman–Crippen MR) is 82.8 cm³/mol. The summed E-state index contributed by atoms with van der Waals surface area (Å²) in [6.07, 6.45) is 2.62. The third kappa shape index (κ3) is 3.11. The van der Waals surface area contributed by atoms with E-state index in [0.717, 1.165) is 21.2 Å². The first-order chi connectivity index (χ1) is 10.1. The molecule has 21 heavy (non-hydrogen) atoms. The van der Waals surface area contributed by atoms with Gasteiger partial charge in [0.25, 0.3) is 5.91 Å². The molecule has 0 bridgehead atoms. The smallest absolute Gasteiger partial charge is 0.251 e. The maximum absolute atomic E-state index is 12.0. The van der Waals surface area contributed by atoms with Crippen LogP contribution in [0.5, 0.6) is 0 Å². The first kappa shape index (κ1) is 13.8. The van der Waals surface area contributed by atoms with E-state index in [1.54, 1.807) is 15.9 Å². The van der Waals surface area contributed by atoms with Gasteiger partial charge in [-0.05, 0) is 26.0 Å². The lowest BCUT2D eigenvalue weighted by Gasteiger charge is -2.04. The Kier molecular flexibility index (Phi) is 3.70. The lowest BCUT2D eigenvalue weighted by Crippen LogP contribution is -2.25. The molecule has 2 aromatic heterocycles. The number of imidazole rings is 1. The van der Waals surface area contributed by atoms with Crippen LogP contribution < -0.4 is 5.32 Å². The second kappa shape index (κ2) is 5.65. The first-order valence-corrected chi connectivity index (χ1v) is 7.60. The molecule has 0 aliphatic heterocycles. The number of nitrogens with zero attached hydrogens (tertiary/aromatic N) is 3. The van der Waals surface area contributed by atoms with Gasteiger partial charge in [-0.1, -0.05) is 29.0 Å². The van der Waals surface area contributed by atoms with Gasteiger partial charge >= 0.3 is 0 Å². The molecule has 1 amide bonds. The highest BCUT2D eigenvalue weighted by Crippen LogP contribution is 2.14. The molecular weight excluding hydrogens is 284 g/mol. The van der Waals surface area contributed by atoms with Gasteiger partial charge in [-0.15, -0.1) is 0 Å². The molecule has 0 fully saturated rings. The molecule has 0 radical (unpaired) electrons. The average Bonchev–Trinajstić information content (AvgIpc) is 2.95. The van der Waals surface area contributed by atoms with E-state index in [2.05, 4.69) is 15.4 Å². The summed E-state index contributed by atoms with van der Waals surface area (Å²) in [4.78, 5) is 17.3. The summed E-state index contributed by atoms with van der Waals surface area (Å²) in [6.45, 7) is 4.50. The molecule has 1 aromatic carbocycles. The minimum atomic E-state index is -0.0455. The zero-order valence-corrected chi connectivity index (χ0v) is 12.8. The van der Waals surface area contributed by atoms with Crippen molar-refractivity contribution in [2.24, 2.45) is 0 Å². The molecule has 108 valence electrons. The van der Waals surface area contributed by atoms with E-state index < -0.39 is 0 Å². The van der Waals surface area contributed by atoms with Gasteiger partial charge in [0.2, 0.25) is 4.96 Å². The third-order valence-corrected chi connectivity index (χ3v) is 4.09. The molecule has 0 atom stereocenters. The molecule has 0 spiro atoms. The fourth-order valence-corrected chi connectivity index (χ4v) is 3.04. The molecule has 5 nitrogen and oxygen atoms in total. The summed E-state index contributed by atoms with van der Waals surface area (Å²) in [5, 5.41) is 8.33. The molecule has 6 heteroatoms. The van der Waals surface area contributed by atoms with Gasteiger partial charge in [0.05, 0.1) is 11.9 Å². The lowest BCUT2D eigenvalue weighted by molar-refractivity contribution is 0.0954. The second-order valence-corrected chi connectivity index (χ2v) is 6.02. The van der Waals surface area contributed by atoms with Crippen LogP contribution in [-0.2, 0) is 6.42 Å². The van der Waals surface area contributed by atoms with Crippen LogP contribution in [0.4, 0.5) is 0 Å². The van der Waals surface area contributed by atoms with Crippen LogP contribution in [0, 0.1) is 13.8 Å². The molecule has 3 rings (SSSR count). The third-order valence-electron chi connectivity index (χ3n) is 3.11. The quantitative estimate of drug-likeness (QED) is 0.805. The van der Waals surface area contributed by atoms with Crippen LogP contribution in [0.15, 0.2) is 30.5 Å². The summed E-state index contributed by atoms with van der Waals surface area (Å²) >= 11 is 1.56. The van der Waals surface area contributed by atoms with E-state index in [1.165, 1.54) is 0 Å². The van der Waals surface area contributed by atoms with Crippen molar-refractivity contribution in [2.75, 3.05) is 6.54 Å². The monoisotopic (exact) mass is 300 g/mol. The Balaban J connectivity index is 1.58. The Morgan fingerprint density at radius 3 is 3.00 bits per heavy atom. The fraction of sp³-hybridized carbons (Fsp3) is 0.267. The van der Waals surface area contributed by atoms with E-state index in [1.807, 2.05) is 44.3 Å². The Labute approximate surface area is 126 Å². The van der Waals surface area contributed by atoms with Gasteiger partial charge in [0.15, 0.2) is 0 Å². The standard InChI is InChI=1S/C15H16N4OS/c1-10-4-3-5-12(8-10)14(20)16-7-6-13-18-19-9-11(2)17-15(19)21-13/h3-5,8-9H,6-7H2,1-2H3,(H,16,20). The molecule has 2 heterocycles. The predicted octanol–water partition coefficient (Wildman–Crippen LogP) is 2.38. The van der Waals surface area contributed by atoms with E-state index in [4.69, 9.17) is 0 Å². The van der Waals surface area contributed by atoms with Crippen LogP contribution in [0.2, 0.25) is 0 Å². The number of aryl methyl sites for hydroxylation is 2. The maximum atomic E-state index is 12.0. The largest absolute Gasteiger partial charge is 0.352 e. The Bertz CT molecular complexity index is 758. The number of carbonyl (C=O) groups is 1. The summed E-state index contributed by atoms with van der Waals surface area (Å²) in [6, 6.07) is 7.57. The number of hydrogen-bond acceptors (Lipinski definition) is 4. The number of amides is 1. The van der Waals surface area contributed by atoms with E-state index in [-0.39, 0.29) is 5.91 Å². The molecule has 0 saturated heterocycles. The minimum absolute atomic E-state index is 0.0455. The van der Waals surface area contributed by atoms with Crippen molar-refractivity contribution in [2.45, 2.75) is 20.3 Å². The average molecular weight is 300 g/mol. The molecule has 0 aliphatic rings. The number of carbonyl (C=O) groups excluding carboxylic acids is 1. The molecule has 0 aliphatic carbocycles. The molecule has 1 N–H and O–H groups in total. The van der Waals surface area contributed by atoms with Crippen molar-refractivity contribution in [1.82, 2.24) is 19.9 Å². The molecular formula is C15H16N4OS. The topological polar surface area (TPSA) is 59.3 Å². The lowest BCUT2D eigenvalue weighted by atomic mass is 10.1. The maximum Gasteiger partial charge on any atom is 0.251 e. The van der Waals surface area contributed by atoms with E-state index in [0.29, 0.717) is 18.5 Å². The second-order valence-electron chi connectivity index (χ2n) is 4.98. The van der Waals surface area contributed by atoms with Gasteiger partial charge < -0.3 is 5.32 Å². The van der Waals surface area contributed by atoms with Crippen LogP contribution in [0.1, 0.15) is 26.6 Å². The zero-order valence-electron chi connectivity index (χ0n) is 12.0. The SMILES string of the molecule is Cc1cccc(C(=O)NCCc2nn3cc(C)nc3s2)c1. The van der Waals surface area contributed by atoms with Crippen LogP contribution in [0.3, 0.4) is 0 Å². The number of fused-ring (bicyclic) bond motifs is 1. The van der Waals surface area contributed by atoms with E-state index in [9.17, 15) is 4.79 Å². The van der Waals surface area contributed by atoms with Gasteiger partial charge in [-0.3, -0.25) is 4.79 Å². The van der Waals surface area contributed by atoms with Crippen molar-refractivity contribution in [3.8, 4) is 0 Å². The number of rotatable bonds is 4. The van der Waals surface area contributed by atoms with Gasteiger partial charge in [0, 0.05) is 18.5 Å². The molecule has 3 aromatic rings. The van der Waals surface area contributed by atoms with Crippen molar-refractivity contribution in [3.05, 3.63) is 52.3 Å². The Morgan fingerprint density at radius 1 is 1.38 bits per heavy atom. The summed E-state index contributed by atoms with van der Waals surface area (Å²) < 4.78 is 1.79. The van der Waals surface area contributed by atoms with Crippen molar-refractivity contribution in [1.29, 1.82) is 0 Å². The van der Waals surface area contributed by atoms with Gasteiger partial charge in [-0.25, -0.2) is 9.50 Å². The highest BCUT2D eigenvalue weighted by molar-refractivity contribution is 7.16. The first-order valence-electron chi connectivity index (χ1n) is 6.78. The summed E-state index contributed by atoms with van der Waals surface area (Å²) in [5.41, 5.74) is 2.74. The fourth-order valence-electron chi connectivity index (χ4n) is 2.12. The van der Waals surface area contributed by atoms with Crippen LogP contribution >= 0.6 is 11.3 Å². The minimum Gasteiger partial charge on any atom is -0.352 e. The van der Waals surface area contributed by atoms with Gasteiger partial charge in [-0.2, -0.15) is 5.10 Å². The highest BCUT2D eigenvalue weighted by atomic mass is 32.1. The van der Waals surface area contributed by atoms with Crippen LogP contribution in [0.25, 0.3) is 4.96 Å². The normalized spacial score (nSPS) is 11.0. The van der Waals surface area contributed by atoms with Crippen molar-refractivity contribution in [3.63, 3.8) is 0 Å². The number of nitrogens with one attached hydrogen (secondary N) is 1. The van der Waals surface area contributed by atoms with Crippen molar-refractivity contribution < 1.29 is 4.79 Å². The van der Waals surface area contributed by atoms with Crippen molar-refractivity contribution >= 4 is 22.2 Å². The summed E-state index contributed by atoms with van der Waals surface area (Å²) in [5.74, 6) is -0.0455. The molecule has 0 unspecified atom stereocenters. The number of aromatic nitrogens is 3. The molecule has 0 saturated carbocycles. The zero-order chi connectivity index (χ0) is 14.8. The van der Waals surface area contributed by atoms with Crippen LogP contribution in [-0.4, -0.2) is 27.0 Å². The number of benzene rings is 1. The van der Waals surface area contributed by atoms with Gasteiger partial charge in [0.1, 0.15) is 5.01 Å². The summed E-state index contributed by atoms with van der Waals surface area (Å²) in [7, 11) is 0.